The monoisotopic (exact) mass is 282 g/mol. The standard InChI is InChI=1S/C18H18O3/c19-18(13-4-3-9-20-11-13)12-7-8-17-15(10-12)14-5-1-2-6-16(14)21-17/h1-2,5-8,10,13,18-19H,3-4,9,11H2. The van der Waals surface area contributed by atoms with Gasteiger partial charge < -0.3 is 14.3 Å². The highest BCUT2D eigenvalue weighted by atomic mass is 16.5. The molecule has 0 amide bonds. The second-order valence-corrected chi connectivity index (χ2v) is 5.78. The van der Waals surface area contributed by atoms with E-state index in [1.165, 1.54) is 0 Å². The van der Waals surface area contributed by atoms with Crippen LogP contribution in [-0.4, -0.2) is 18.3 Å². The van der Waals surface area contributed by atoms with Crippen molar-refractivity contribution in [2.45, 2.75) is 18.9 Å². The van der Waals surface area contributed by atoms with E-state index < -0.39 is 6.10 Å². The molecule has 3 aromatic rings. The third-order valence-electron chi connectivity index (χ3n) is 4.38. The summed E-state index contributed by atoms with van der Waals surface area (Å²) in [4.78, 5) is 0. The third-order valence-corrected chi connectivity index (χ3v) is 4.38. The molecule has 0 aliphatic carbocycles. The molecule has 1 aliphatic rings. The number of ether oxygens (including phenoxy) is 1. The van der Waals surface area contributed by atoms with Crippen molar-refractivity contribution in [1.82, 2.24) is 0 Å². The zero-order chi connectivity index (χ0) is 14.2. The molecule has 2 unspecified atom stereocenters. The molecule has 1 aliphatic heterocycles. The van der Waals surface area contributed by atoms with Crippen molar-refractivity contribution in [3.8, 4) is 0 Å². The molecule has 2 heterocycles. The number of hydrogen-bond acceptors (Lipinski definition) is 3. The lowest BCUT2D eigenvalue weighted by molar-refractivity contribution is -0.00991. The van der Waals surface area contributed by atoms with Crippen molar-refractivity contribution in [2.75, 3.05) is 13.2 Å². The molecule has 0 bridgehead atoms. The Labute approximate surface area is 123 Å². The summed E-state index contributed by atoms with van der Waals surface area (Å²) in [6, 6.07) is 14.0. The lowest BCUT2D eigenvalue weighted by Crippen LogP contribution is -2.23. The van der Waals surface area contributed by atoms with Crippen molar-refractivity contribution in [3.63, 3.8) is 0 Å². The van der Waals surface area contributed by atoms with Gasteiger partial charge >= 0.3 is 0 Å². The van der Waals surface area contributed by atoms with Crippen LogP contribution in [0.15, 0.2) is 46.9 Å². The molecular formula is C18H18O3. The lowest BCUT2D eigenvalue weighted by Gasteiger charge is -2.26. The van der Waals surface area contributed by atoms with Crippen molar-refractivity contribution in [3.05, 3.63) is 48.0 Å². The molecule has 1 N–H and O–H groups in total. The Hall–Kier alpha value is -1.84. The van der Waals surface area contributed by atoms with Crippen LogP contribution in [0.4, 0.5) is 0 Å². The molecule has 0 spiro atoms. The van der Waals surface area contributed by atoms with Crippen LogP contribution in [0.2, 0.25) is 0 Å². The Morgan fingerprint density at radius 3 is 2.76 bits per heavy atom. The summed E-state index contributed by atoms with van der Waals surface area (Å²) < 4.78 is 11.3. The van der Waals surface area contributed by atoms with Crippen LogP contribution < -0.4 is 0 Å². The Bertz CT molecular complexity index is 768. The van der Waals surface area contributed by atoms with Crippen LogP contribution in [0.1, 0.15) is 24.5 Å². The van der Waals surface area contributed by atoms with Crippen LogP contribution in [0.5, 0.6) is 0 Å². The predicted molar refractivity (Wildman–Crippen MR) is 82.2 cm³/mol. The number of aliphatic hydroxyl groups excluding tert-OH is 1. The minimum atomic E-state index is -0.469. The molecule has 4 rings (SSSR count). The smallest absolute Gasteiger partial charge is 0.135 e. The molecule has 1 aromatic heterocycles. The maximum absolute atomic E-state index is 10.6. The summed E-state index contributed by atoms with van der Waals surface area (Å²) in [5.41, 5.74) is 2.71. The number of rotatable bonds is 2. The third kappa shape index (κ3) is 2.23. The van der Waals surface area contributed by atoms with E-state index in [1.807, 2.05) is 30.3 Å². The van der Waals surface area contributed by atoms with Gasteiger partial charge in [0, 0.05) is 23.3 Å². The van der Waals surface area contributed by atoms with Gasteiger partial charge in [-0.1, -0.05) is 24.3 Å². The summed E-state index contributed by atoms with van der Waals surface area (Å²) in [6.45, 7) is 1.46. The van der Waals surface area contributed by atoms with Crippen LogP contribution in [0.3, 0.4) is 0 Å². The number of fused-ring (bicyclic) bond motifs is 3. The van der Waals surface area contributed by atoms with Crippen molar-refractivity contribution < 1.29 is 14.3 Å². The zero-order valence-corrected chi connectivity index (χ0v) is 11.8. The molecular weight excluding hydrogens is 264 g/mol. The summed E-state index contributed by atoms with van der Waals surface area (Å²) in [5, 5.41) is 12.8. The van der Waals surface area contributed by atoms with Gasteiger partial charge in [-0.15, -0.1) is 0 Å². The average Bonchev–Trinajstić information content (AvgIpc) is 2.93. The molecule has 2 aromatic carbocycles. The highest BCUT2D eigenvalue weighted by Gasteiger charge is 2.24. The van der Waals surface area contributed by atoms with Gasteiger partial charge in [-0.25, -0.2) is 0 Å². The Morgan fingerprint density at radius 2 is 1.90 bits per heavy atom. The van der Waals surface area contributed by atoms with E-state index in [4.69, 9.17) is 9.15 Å². The predicted octanol–water partition coefficient (Wildman–Crippen LogP) is 4.05. The average molecular weight is 282 g/mol. The van der Waals surface area contributed by atoms with E-state index in [9.17, 15) is 5.11 Å². The van der Waals surface area contributed by atoms with E-state index in [0.717, 1.165) is 47.0 Å². The Morgan fingerprint density at radius 1 is 1.05 bits per heavy atom. The fourth-order valence-corrected chi connectivity index (χ4v) is 3.21. The first-order chi connectivity index (χ1) is 10.3. The molecule has 1 saturated heterocycles. The largest absolute Gasteiger partial charge is 0.456 e. The highest BCUT2D eigenvalue weighted by molar-refractivity contribution is 6.04. The van der Waals surface area contributed by atoms with Crippen LogP contribution in [0.25, 0.3) is 21.9 Å². The minimum Gasteiger partial charge on any atom is -0.456 e. The number of aliphatic hydroxyl groups is 1. The highest BCUT2D eigenvalue weighted by Crippen LogP contribution is 2.34. The van der Waals surface area contributed by atoms with Crippen LogP contribution >= 0.6 is 0 Å². The molecule has 0 saturated carbocycles. The minimum absolute atomic E-state index is 0.189. The quantitative estimate of drug-likeness (QED) is 0.771. The van der Waals surface area contributed by atoms with Gasteiger partial charge in [0.25, 0.3) is 0 Å². The first-order valence-electron chi connectivity index (χ1n) is 7.50. The maximum atomic E-state index is 10.6. The molecule has 3 nitrogen and oxygen atoms in total. The maximum Gasteiger partial charge on any atom is 0.135 e. The SMILES string of the molecule is OC(c1ccc2oc3ccccc3c2c1)C1CCCOC1. The number of hydrogen-bond donors (Lipinski definition) is 1. The number of para-hydroxylation sites is 1. The molecule has 108 valence electrons. The van der Waals surface area contributed by atoms with E-state index in [-0.39, 0.29) is 5.92 Å². The fourth-order valence-electron chi connectivity index (χ4n) is 3.21. The van der Waals surface area contributed by atoms with Gasteiger partial charge in [0.05, 0.1) is 12.7 Å². The first-order valence-corrected chi connectivity index (χ1v) is 7.50. The summed E-state index contributed by atoms with van der Waals surface area (Å²) in [6.07, 6.45) is 1.58. The van der Waals surface area contributed by atoms with Gasteiger partial charge in [-0.05, 0) is 36.6 Å². The Kier molecular flexibility index (Phi) is 3.17. The topological polar surface area (TPSA) is 42.6 Å². The summed E-state index contributed by atoms with van der Waals surface area (Å²) in [7, 11) is 0. The van der Waals surface area contributed by atoms with Crippen molar-refractivity contribution >= 4 is 21.9 Å². The number of furan rings is 1. The molecule has 2 atom stereocenters. The van der Waals surface area contributed by atoms with Gasteiger partial charge in [0.1, 0.15) is 11.2 Å². The summed E-state index contributed by atoms with van der Waals surface area (Å²) in [5.74, 6) is 0.189. The van der Waals surface area contributed by atoms with Gasteiger partial charge in [-0.2, -0.15) is 0 Å². The second-order valence-electron chi connectivity index (χ2n) is 5.78. The van der Waals surface area contributed by atoms with E-state index in [2.05, 4.69) is 12.1 Å². The van der Waals surface area contributed by atoms with E-state index >= 15 is 0 Å². The lowest BCUT2D eigenvalue weighted by atomic mass is 9.90. The molecule has 0 radical (unpaired) electrons. The van der Waals surface area contributed by atoms with Gasteiger partial charge in [0.2, 0.25) is 0 Å². The zero-order valence-electron chi connectivity index (χ0n) is 11.8. The van der Waals surface area contributed by atoms with E-state index in [0.29, 0.717) is 6.61 Å². The van der Waals surface area contributed by atoms with Gasteiger partial charge in [0.15, 0.2) is 0 Å². The molecule has 21 heavy (non-hydrogen) atoms. The molecule has 1 fully saturated rings. The number of benzene rings is 2. The van der Waals surface area contributed by atoms with Crippen LogP contribution in [-0.2, 0) is 4.74 Å². The molecule has 3 heteroatoms. The second kappa shape index (κ2) is 5.17. The normalized spacial score (nSPS) is 20.9. The summed E-state index contributed by atoms with van der Waals surface area (Å²) >= 11 is 0. The van der Waals surface area contributed by atoms with Crippen molar-refractivity contribution in [2.24, 2.45) is 5.92 Å². The fraction of sp³-hybridized carbons (Fsp3) is 0.333. The first kappa shape index (κ1) is 12.9. The Balaban J connectivity index is 1.76. The van der Waals surface area contributed by atoms with Crippen LogP contribution in [0, 0.1) is 5.92 Å². The van der Waals surface area contributed by atoms with Gasteiger partial charge in [-0.3, -0.25) is 0 Å². The van der Waals surface area contributed by atoms with E-state index in [1.54, 1.807) is 0 Å². The van der Waals surface area contributed by atoms with Crippen molar-refractivity contribution in [1.29, 1.82) is 0 Å².